The molecule has 1 aromatic carbocycles. The highest BCUT2D eigenvalue weighted by Crippen LogP contribution is 2.39. The smallest absolute Gasteiger partial charge is 0.231 e. The largest absolute Gasteiger partial charge is 0.550 e. The van der Waals surface area contributed by atoms with Crippen LogP contribution in [-0.2, 0) is 14.3 Å². The molecule has 22 heavy (non-hydrogen) atoms. The van der Waals surface area contributed by atoms with Gasteiger partial charge < -0.3 is 24.7 Å². The van der Waals surface area contributed by atoms with E-state index in [1.54, 1.807) is 36.4 Å². The maximum Gasteiger partial charge on any atom is 0.231 e. The highest BCUT2D eigenvalue weighted by atomic mass is 16.5. The number of rotatable bonds is 5. The summed E-state index contributed by atoms with van der Waals surface area (Å²) in [5.74, 6) is -2.65. The summed E-state index contributed by atoms with van der Waals surface area (Å²) in [7, 11) is 0. The van der Waals surface area contributed by atoms with E-state index in [1.807, 2.05) is 6.92 Å². The molecule has 6 nitrogen and oxygen atoms in total. The van der Waals surface area contributed by atoms with E-state index in [1.165, 1.54) is 0 Å². The van der Waals surface area contributed by atoms with E-state index in [4.69, 9.17) is 9.47 Å². The molecule has 2 aliphatic rings. The minimum absolute atomic E-state index is 0.379. The van der Waals surface area contributed by atoms with Crippen molar-refractivity contribution in [1.29, 1.82) is 0 Å². The van der Waals surface area contributed by atoms with Crippen LogP contribution in [0.5, 0.6) is 5.75 Å². The molecule has 2 aliphatic heterocycles. The summed E-state index contributed by atoms with van der Waals surface area (Å²) in [6.45, 7) is 2.45. The Bertz CT molecular complexity index is 609. The van der Waals surface area contributed by atoms with Crippen LogP contribution >= 0.6 is 0 Å². The Balaban J connectivity index is 1.71. The minimum atomic E-state index is -1.26. The molecular formula is C16H16NO5-. The molecule has 0 unspecified atom stereocenters. The Kier molecular flexibility index (Phi) is 3.85. The summed E-state index contributed by atoms with van der Waals surface area (Å²) < 4.78 is 10.8. The van der Waals surface area contributed by atoms with Crippen LogP contribution < -0.4 is 15.2 Å². The highest BCUT2D eigenvalue weighted by Gasteiger charge is 2.50. The lowest BCUT2D eigenvalue weighted by Crippen LogP contribution is -2.45. The van der Waals surface area contributed by atoms with Gasteiger partial charge in [-0.2, -0.15) is 0 Å². The van der Waals surface area contributed by atoms with Crippen LogP contribution in [0.25, 0.3) is 0 Å². The molecule has 2 bridgehead atoms. The first-order valence-electron chi connectivity index (χ1n) is 7.18. The van der Waals surface area contributed by atoms with Crippen molar-refractivity contribution >= 4 is 17.6 Å². The Hall–Kier alpha value is -2.34. The van der Waals surface area contributed by atoms with E-state index in [-0.39, 0.29) is 5.91 Å². The molecule has 1 saturated heterocycles. The molecule has 0 spiro atoms. The van der Waals surface area contributed by atoms with Crippen molar-refractivity contribution in [3.05, 3.63) is 36.4 Å². The predicted molar refractivity (Wildman–Crippen MR) is 76.0 cm³/mol. The van der Waals surface area contributed by atoms with Gasteiger partial charge in [0.15, 0.2) is 0 Å². The summed E-state index contributed by atoms with van der Waals surface area (Å²) in [6, 6.07) is 6.90. The molecule has 0 radical (unpaired) electrons. The number of carbonyl (C=O) groups excluding carboxylic acids is 2. The molecule has 0 saturated carbocycles. The average Bonchev–Trinajstić information content (AvgIpc) is 3.10. The maximum absolute atomic E-state index is 12.4. The van der Waals surface area contributed by atoms with Crippen LogP contribution in [-0.4, -0.2) is 30.7 Å². The van der Waals surface area contributed by atoms with Crippen LogP contribution in [0.4, 0.5) is 5.69 Å². The molecule has 1 aromatic rings. The first-order valence-corrected chi connectivity index (χ1v) is 7.18. The highest BCUT2D eigenvalue weighted by molar-refractivity contribution is 5.96. The summed E-state index contributed by atoms with van der Waals surface area (Å²) in [4.78, 5) is 23.6. The number of anilines is 1. The summed E-state index contributed by atoms with van der Waals surface area (Å²) in [5, 5.41) is 14.0. The first kappa shape index (κ1) is 14.6. The van der Waals surface area contributed by atoms with Gasteiger partial charge in [-0.05, 0) is 31.2 Å². The third-order valence-electron chi connectivity index (χ3n) is 3.91. The van der Waals surface area contributed by atoms with E-state index in [2.05, 4.69) is 5.32 Å². The fraction of sp³-hybridized carbons (Fsp3) is 0.375. The van der Waals surface area contributed by atoms with E-state index in [0.29, 0.717) is 18.0 Å². The van der Waals surface area contributed by atoms with Gasteiger partial charge in [-0.25, -0.2) is 0 Å². The van der Waals surface area contributed by atoms with Crippen molar-refractivity contribution in [2.45, 2.75) is 19.1 Å². The number of carbonyl (C=O) groups is 2. The Morgan fingerprint density at radius 1 is 1.18 bits per heavy atom. The number of fused-ring (bicyclic) bond motifs is 2. The second-order valence-electron chi connectivity index (χ2n) is 5.27. The topological polar surface area (TPSA) is 87.7 Å². The molecule has 0 aromatic heterocycles. The third-order valence-corrected chi connectivity index (χ3v) is 3.91. The van der Waals surface area contributed by atoms with E-state index >= 15 is 0 Å². The molecule has 1 N–H and O–H groups in total. The van der Waals surface area contributed by atoms with Crippen LogP contribution in [0.1, 0.15) is 6.92 Å². The number of hydrogen-bond donors (Lipinski definition) is 1. The van der Waals surface area contributed by atoms with Crippen LogP contribution in [0.15, 0.2) is 36.4 Å². The van der Waals surface area contributed by atoms with Gasteiger partial charge >= 0.3 is 0 Å². The van der Waals surface area contributed by atoms with Gasteiger partial charge in [0.25, 0.3) is 0 Å². The number of nitrogens with one attached hydrogen (secondary N) is 1. The van der Waals surface area contributed by atoms with E-state index < -0.39 is 30.0 Å². The van der Waals surface area contributed by atoms with Crippen LogP contribution in [0.2, 0.25) is 0 Å². The van der Waals surface area contributed by atoms with Crippen LogP contribution in [0.3, 0.4) is 0 Å². The zero-order chi connectivity index (χ0) is 15.7. The Morgan fingerprint density at radius 3 is 2.41 bits per heavy atom. The van der Waals surface area contributed by atoms with E-state index in [9.17, 15) is 14.7 Å². The zero-order valence-electron chi connectivity index (χ0n) is 12.0. The normalized spacial score (nSPS) is 28.6. The molecule has 1 fully saturated rings. The quantitative estimate of drug-likeness (QED) is 0.793. The second kappa shape index (κ2) is 5.81. The first-order chi connectivity index (χ1) is 10.6. The van der Waals surface area contributed by atoms with Gasteiger partial charge in [0.05, 0.1) is 24.7 Å². The fourth-order valence-corrected chi connectivity index (χ4v) is 2.93. The Labute approximate surface area is 127 Å². The van der Waals surface area contributed by atoms with Crippen molar-refractivity contribution in [2.75, 3.05) is 11.9 Å². The average molecular weight is 302 g/mol. The van der Waals surface area contributed by atoms with Crippen molar-refractivity contribution < 1.29 is 24.2 Å². The predicted octanol–water partition coefficient (Wildman–Crippen LogP) is 0.343. The minimum Gasteiger partial charge on any atom is -0.550 e. The van der Waals surface area contributed by atoms with Crippen molar-refractivity contribution in [3.63, 3.8) is 0 Å². The maximum atomic E-state index is 12.4. The van der Waals surface area contributed by atoms with Crippen molar-refractivity contribution in [2.24, 2.45) is 11.8 Å². The standard InChI is InChI=1S/C16H17NO5/c1-2-21-10-5-3-9(4-6-10)17-15(18)13-11-7-8-12(22-11)14(13)16(19)20/h3-8,11-14H,2H2,1H3,(H,17,18)(H,19,20)/p-1/t11-,12+,13+,14-/m0/s1. The lowest BCUT2D eigenvalue weighted by atomic mass is 9.82. The lowest BCUT2D eigenvalue weighted by molar-refractivity contribution is -0.313. The van der Waals surface area contributed by atoms with Gasteiger partial charge in [-0.1, -0.05) is 12.2 Å². The number of carboxylic acid groups (broad SMARTS) is 1. The van der Waals surface area contributed by atoms with E-state index in [0.717, 1.165) is 0 Å². The van der Waals surface area contributed by atoms with Gasteiger partial charge in [-0.3, -0.25) is 4.79 Å². The van der Waals surface area contributed by atoms with Gasteiger partial charge in [0.1, 0.15) is 5.75 Å². The monoisotopic (exact) mass is 302 g/mol. The molecule has 6 heteroatoms. The second-order valence-corrected chi connectivity index (χ2v) is 5.27. The number of hydrogen-bond acceptors (Lipinski definition) is 5. The molecule has 3 rings (SSSR count). The molecule has 116 valence electrons. The number of benzene rings is 1. The molecule has 0 aliphatic carbocycles. The zero-order valence-corrected chi connectivity index (χ0v) is 12.0. The molecule has 4 atom stereocenters. The number of aliphatic carboxylic acids is 1. The Morgan fingerprint density at radius 2 is 1.82 bits per heavy atom. The summed E-state index contributed by atoms with van der Waals surface area (Å²) in [5.41, 5.74) is 0.581. The molecule has 2 heterocycles. The lowest BCUT2D eigenvalue weighted by Gasteiger charge is -2.25. The number of carboxylic acids is 1. The summed E-state index contributed by atoms with van der Waals surface area (Å²) in [6.07, 6.45) is 2.32. The fourth-order valence-electron chi connectivity index (χ4n) is 2.93. The van der Waals surface area contributed by atoms with Gasteiger partial charge in [0.2, 0.25) is 5.91 Å². The third kappa shape index (κ3) is 2.57. The SMILES string of the molecule is CCOc1ccc(NC(=O)[C@H]2[C@@H](C(=O)[O-])[C@H]3C=C[C@@H]2O3)cc1. The van der Waals surface area contributed by atoms with Crippen LogP contribution in [0, 0.1) is 11.8 Å². The number of ether oxygens (including phenoxy) is 2. The van der Waals surface area contributed by atoms with Gasteiger partial charge in [0, 0.05) is 17.6 Å². The van der Waals surface area contributed by atoms with Gasteiger partial charge in [-0.15, -0.1) is 0 Å². The van der Waals surface area contributed by atoms with Crippen molar-refractivity contribution in [3.8, 4) is 5.75 Å². The molecular weight excluding hydrogens is 286 g/mol. The molecule has 1 amide bonds. The van der Waals surface area contributed by atoms with Crippen molar-refractivity contribution in [1.82, 2.24) is 0 Å². The summed E-state index contributed by atoms with van der Waals surface area (Å²) >= 11 is 0. The number of amides is 1.